The van der Waals surface area contributed by atoms with Gasteiger partial charge in [0, 0.05) is 29.8 Å². The van der Waals surface area contributed by atoms with Crippen molar-refractivity contribution in [3.05, 3.63) is 75.3 Å². The van der Waals surface area contributed by atoms with Gasteiger partial charge in [-0.2, -0.15) is 0 Å². The highest BCUT2D eigenvalue weighted by atomic mass is 16.6. The molecule has 1 unspecified atom stereocenters. The molecule has 1 atom stereocenters. The van der Waals surface area contributed by atoms with Crippen LogP contribution in [-0.4, -0.2) is 42.4 Å². The molecule has 0 saturated heterocycles. The number of hydrogen-bond donors (Lipinski definition) is 1. The minimum atomic E-state index is -0.445. The highest BCUT2D eigenvalue weighted by Gasteiger charge is 2.16. The van der Waals surface area contributed by atoms with Gasteiger partial charge in [0.05, 0.1) is 4.92 Å². The van der Waals surface area contributed by atoms with Gasteiger partial charge in [0.25, 0.3) is 11.6 Å². The third kappa shape index (κ3) is 5.12. The minimum absolute atomic E-state index is 0.0202. The van der Waals surface area contributed by atoms with Crippen molar-refractivity contribution in [2.24, 2.45) is 0 Å². The molecule has 0 bridgehead atoms. The predicted octanol–water partition coefficient (Wildman–Crippen LogP) is 2.81. The van der Waals surface area contributed by atoms with Crippen molar-refractivity contribution in [2.45, 2.75) is 19.4 Å². The molecule has 0 aliphatic carbocycles. The number of nitro groups is 1. The molecule has 0 fully saturated rings. The van der Waals surface area contributed by atoms with Crippen molar-refractivity contribution in [1.29, 1.82) is 0 Å². The van der Waals surface area contributed by atoms with Crippen LogP contribution in [0.5, 0.6) is 0 Å². The molecule has 0 heterocycles. The Hall–Kier alpha value is -2.73. The van der Waals surface area contributed by atoms with E-state index in [9.17, 15) is 14.9 Å². The molecule has 1 N–H and O–H groups in total. The molecule has 0 radical (unpaired) electrons. The number of carbonyl (C=O) groups is 1. The monoisotopic (exact) mass is 341 g/mol. The van der Waals surface area contributed by atoms with Crippen molar-refractivity contribution in [3.8, 4) is 0 Å². The quantitative estimate of drug-likeness (QED) is 0.621. The number of carbonyl (C=O) groups excluding carboxylic acids is 1. The van der Waals surface area contributed by atoms with Crippen LogP contribution in [0.15, 0.2) is 48.5 Å². The largest absolute Gasteiger partial charge is 0.350 e. The SMILES string of the molecule is Cc1cc(C(=O)NCC(Cc2ccccc2)N(C)C)ccc1[N+](=O)[O-]. The van der Waals surface area contributed by atoms with Crippen molar-refractivity contribution in [3.63, 3.8) is 0 Å². The van der Waals surface area contributed by atoms with E-state index in [1.807, 2.05) is 32.3 Å². The maximum absolute atomic E-state index is 12.4. The van der Waals surface area contributed by atoms with E-state index in [0.29, 0.717) is 17.7 Å². The molecule has 2 rings (SSSR count). The molecule has 0 spiro atoms. The number of aryl methyl sites for hydroxylation is 1. The average molecular weight is 341 g/mol. The zero-order chi connectivity index (χ0) is 18.4. The fourth-order valence-corrected chi connectivity index (χ4v) is 2.64. The summed E-state index contributed by atoms with van der Waals surface area (Å²) in [4.78, 5) is 24.9. The number of nitro benzene ring substituents is 1. The number of nitrogens with one attached hydrogen (secondary N) is 1. The second-order valence-electron chi connectivity index (χ2n) is 6.28. The summed E-state index contributed by atoms with van der Waals surface area (Å²) in [6, 6.07) is 14.7. The lowest BCUT2D eigenvalue weighted by atomic mass is 10.0. The third-order valence-electron chi connectivity index (χ3n) is 4.20. The van der Waals surface area contributed by atoms with Gasteiger partial charge in [-0.1, -0.05) is 30.3 Å². The van der Waals surface area contributed by atoms with Crippen LogP contribution in [0, 0.1) is 17.0 Å². The lowest BCUT2D eigenvalue weighted by Gasteiger charge is -2.24. The van der Waals surface area contributed by atoms with E-state index in [1.165, 1.54) is 17.7 Å². The molecule has 2 aromatic rings. The smallest absolute Gasteiger partial charge is 0.272 e. The van der Waals surface area contributed by atoms with Gasteiger partial charge in [-0.25, -0.2) is 0 Å². The molecule has 0 aromatic heterocycles. The van der Waals surface area contributed by atoms with Gasteiger partial charge in [0.2, 0.25) is 0 Å². The van der Waals surface area contributed by atoms with E-state index < -0.39 is 4.92 Å². The first-order valence-electron chi connectivity index (χ1n) is 8.12. The van der Waals surface area contributed by atoms with Crippen molar-refractivity contribution >= 4 is 11.6 Å². The molecular formula is C19H23N3O3. The summed E-state index contributed by atoms with van der Waals surface area (Å²) in [6.45, 7) is 2.13. The van der Waals surface area contributed by atoms with E-state index >= 15 is 0 Å². The molecule has 1 amide bonds. The standard InChI is InChI=1S/C19H23N3O3/c1-14-11-16(9-10-18(14)22(24)25)19(23)20-13-17(21(2)3)12-15-7-5-4-6-8-15/h4-11,17H,12-13H2,1-3H3,(H,20,23). The summed E-state index contributed by atoms with van der Waals surface area (Å²) in [5.41, 5.74) is 2.14. The number of rotatable bonds is 7. The van der Waals surface area contributed by atoms with Crippen LogP contribution in [0.25, 0.3) is 0 Å². The van der Waals surface area contributed by atoms with E-state index in [2.05, 4.69) is 22.3 Å². The lowest BCUT2D eigenvalue weighted by Crippen LogP contribution is -2.41. The summed E-state index contributed by atoms with van der Waals surface area (Å²) in [5, 5.41) is 13.8. The Morgan fingerprint density at radius 3 is 2.44 bits per heavy atom. The van der Waals surface area contributed by atoms with Crippen LogP contribution >= 0.6 is 0 Å². The summed E-state index contributed by atoms with van der Waals surface area (Å²) in [6.07, 6.45) is 0.827. The first-order chi connectivity index (χ1) is 11.9. The molecule has 0 aliphatic heterocycles. The Kier molecular flexibility index (Phi) is 6.25. The fraction of sp³-hybridized carbons (Fsp3) is 0.316. The maximum Gasteiger partial charge on any atom is 0.272 e. The van der Waals surface area contributed by atoms with Gasteiger partial charge in [0.15, 0.2) is 0 Å². The Balaban J connectivity index is 2.01. The summed E-state index contributed by atoms with van der Waals surface area (Å²) in [7, 11) is 3.96. The van der Waals surface area contributed by atoms with Gasteiger partial charge in [-0.3, -0.25) is 14.9 Å². The zero-order valence-corrected chi connectivity index (χ0v) is 14.7. The van der Waals surface area contributed by atoms with E-state index in [1.54, 1.807) is 13.0 Å². The minimum Gasteiger partial charge on any atom is -0.350 e. The molecule has 25 heavy (non-hydrogen) atoms. The second kappa shape index (κ2) is 8.39. The Morgan fingerprint density at radius 1 is 1.20 bits per heavy atom. The first-order valence-corrected chi connectivity index (χ1v) is 8.12. The average Bonchev–Trinajstić information content (AvgIpc) is 2.58. The van der Waals surface area contributed by atoms with Crippen LogP contribution in [0.1, 0.15) is 21.5 Å². The normalized spacial score (nSPS) is 12.0. The zero-order valence-electron chi connectivity index (χ0n) is 14.7. The van der Waals surface area contributed by atoms with Gasteiger partial charge in [0.1, 0.15) is 0 Å². The van der Waals surface area contributed by atoms with Crippen LogP contribution in [-0.2, 0) is 6.42 Å². The first kappa shape index (κ1) is 18.6. The van der Waals surface area contributed by atoms with Crippen molar-refractivity contribution in [2.75, 3.05) is 20.6 Å². The summed E-state index contributed by atoms with van der Waals surface area (Å²) < 4.78 is 0. The third-order valence-corrected chi connectivity index (χ3v) is 4.20. The topological polar surface area (TPSA) is 75.5 Å². The highest BCUT2D eigenvalue weighted by Crippen LogP contribution is 2.18. The summed E-state index contributed by atoms with van der Waals surface area (Å²) in [5.74, 6) is -0.224. The van der Waals surface area contributed by atoms with E-state index in [4.69, 9.17) is 0 Å². The van der Waals surface area contributed by atoms with Gasteiger partial charge >= 0.3 is 0 Å². The van der Waals surface area contributed by atoms with Gasteiger partial charge in [-0.05, 0) is 45.1 Å². The lowest BCUT2D eigenvalue weighted by molar-refractivity contribution is -0.385. The number of hydrogen-bond acceptors (Lipinski definition) is 4. The molecule has 6 heteroatoms. The van der Waals surface area contributed by atoms with Crippen LogP contribution in [0.3, 0.4) is 0 Å². The highest BCUT2D eigenvalue weighted by molar-refractivity contribution is 5.94. The molecule has 2 aromatic carbocycles. The maximum atomic E-state index is 12.4. The molecular weight excluding hydrogens is 318 g/mol. The van der Waals surface area contributed by atoms with Gasteiger partial charge < -0.3 is 10.2 Å². The fourth-order valence-electron chi connectivity index (χ4n) is 2.64. The van der Waals surface area contributed by atoms with Crippen LogP contribution < -0.4 is 5.32 Å². The number of amides is 1. The summed E-state index contributed by atoms with van der Waals surface area (Å²) >= 11 is 0. The van der Waals surface area contributed by atoms with Crippen molar-refractivity contribution < 1.29 is 9.72 Å². The molecule has 0 aliphatic rings. The van der Waals surface area contributed by atoms with Gasteiger partial charge in [-0.15, -0.1) is 0 Å². The number of likely N-dealkylation sites (N-methyl/N-ethyl adjacent to an activating group) is 1. The van der Waals surface area contributed by atoms with Crippen molar-refractivity contribution in [1.82, 2.24) is 10.2 Å². The Morgan fingerprint density at radius 2 is 1.88 bits per heavy atom. The second-order valence-corrected chi connectivity index (χ2v) is 6.28. The Bertz CT molecular complexity index is 745. The molecule has 0 saturated carbocycles. The van der Waals surface area contributed by atoms with E-state index in [0.717, 1.165) is 6.42 Å². The Labute approximate surface area is 147 Å². The molecule has 6 nitrogen and oxygen atoms in total. The number of benzene rings is 2. The molecule has 132 valence electrons. The number of nitrogens with zero attached hydrogens (tertiary/aromatic N) is 2. The van der Waals surface area contributed by atoms with E-state index in [-0.39, 0.29) is 17.6 Å². The predicted molar refractivity (Wildman–Crippen MR) is 97.8 cm³/mol. The van der Waals surface area contributed by atoms with Crippen LogP contribution in [0.2, 0.25) is 0 Å². The van der Waals surface area contributed by atoms with Crippen LogP contribution in [0.4, 0.5) is 5.69 Å².